The third-order valence-electron chi connectivity index (χ3n) is 3.60. The van der Waals surface area contributed by atoms with Crippen LogP contribution < -0.4 is 4.90 Å². The number of hydrogen-bond donors (Lipinski definition) is 0. The molecule has 0 spiro atoms. The van der Waals surface area contributed by atoms with Crippen molar-refractivity contribution < 1.29 is 0 Å². The maximum absolute atomic E-state index is 2.28. The Morgan fingerprint density at radius 1 is 0.682 bits per heavy atom. The van der Waals surface area contributed by atoms with Gasteiger partial charge in [0.1, 0.15) is 0 Å². The van der Waals surface area contributed by atoms with Crippen LogP contribution in [0.4, 0.5) is 17.1 Å². The van der Waals surface area contributed by atoms with Crippen molar-refractivity contribution in [3.8, 4) is 0 Å². The molecule has 0 amide bonds. The van der Waals surface area contributed by atoms with Gasteiger partial charge in [0.25, 0.3) is 0 Å². The summed E-state index contributed by atoms with van der Waals surface area (Å²) in [5, 5.41) is 0. The van der Waals surface area contributed by atoms with Gasteiger partial charge in [-0.15, -0.1) is 0 Å². The van der Waals surface area contributed by atoms with E-state index in [1.807, 2.05) is 12.1 Å². The van der Waals surface area contributed by atoms with Crippen molar-refractivity contribution in [2.75, 3.05) is 4.90 Å². The maximum atomic E-state index is 2.28. The second kappa shape index (κ2) is 6.95. The van der Waals surface area contributed by atoms with Crippen LogP contribution in [0, 0.1) is 6.42 Å². The van der Waals surface area contributed by atoms with Gasteiger partial charge >= 0.3 is 0 Å². The minimum atomic E-state index is 1.04. The molecule has 0 saturated heterocycles. The van der Waals surface area contributed by atoms with Crippen LogP contribution in [0.3, 0.4) is 0 Å². The first-order valence-electron chi connectivity index (χ1n) is 7.72. The van der Waals surface area contributed by atoms with Gasteiger partial charge in [0.15, 0.2) is 0 Å². The quantitative estimate of drug-likeness (QED) is 0.546. The molecular formula is C21H20N. The lowest BCUT2D eigenvalue weighted by Crippen LogP contribution is -2.09. The van der Waals surface area contributed by atoms with Crippen molar-refractivity contribution in [1.82, 2.24) is 0 Å². The van der Waals surface area contributed by atoms with Gasteiger partial charge in [-0.2, -0.15) is 0 Å². The molecule has 0 heterocycles. The highest BCUT2D eigenvalue weighted by molar-refractivity contribution is 5.76. The third-order valence-corrected chi connectivity index (χ3v) is 3.60. The predicted octanol–water partition coefficient (Wildman–Crippen LogP) is 6.12. The minimum absolute atomic E-state index is 1.04. The van der Waals surface area contributed by atoms with E-state index in [2.05, 4.69) is 91.0 Å². The molecule has 0 unspecified atom stereocenters. The molecule has 0 aliphatic heterocycles. The standard InChI is InChI=1S/C21H20N/c1-2-10-18-11-9-16-21(17-18)22(19-12-5-3-6-13-19)20-14-7-4-8-15-20/h3-17H,2H2,1H3. The normalized spacial score (nSPS) is 10.4. The Labute approximate surface area is 132 Å². The molecule has 109 valence electrons. The minimum Gasteiger partial charge on any atom is -0.310 e. The highest BCUT2D eigenvalue weighted by Crippen LogP contribution is 2.34. The lowest BCUT2D eigenvalue weighted by molar-refractivity contribution is 1.12. The monoisotopic (exact) mass is 286 g/mol. The van der Waals surface area contributed by atoms with Gasteiger partial charge in [0.05, 0.1) is 0 Å². The van der Waals surface area contributed by atoms with Crippen LogP contribution in [-0.4, -0.2) is 0 Å². The number of anilines is 3. The fourth-order valence-corrected chi connectivity index (χ4v) is 2.63. The molecule has 0 aromatic heterocycles. The molecule has 3 aromatic carbocycles. The van der Waals surface area contributed by atoms with Gasteiger partial charge in [-0.1, -0.05) is 55.5 Å². The number of benzene rings is 3. The smallest absolute Gasteiger partial charge is 0.0464 e. The zero-order chi connectivity index (χ0) is 15.2. The van der Waals surface area contributed by atoms with E-state index in [9.17, 15) is 0 Å². The van der Waals surface area contributed by atoms with Crippen molar-refractivity contribution in [2.24, 2.45) is 0 Å². The molecule has 0 fully saturated rings. The number of rotatable bonds is 5. The second-order valence-electron chi connectivity index (χ2n) is 5.21. The van der Waals surface area contributed by atoms with Gasteiger partial charge in [-0.25, -0.2) is 0 Å². The molecule has 22 heavy (non-hydrogen) atoms. The molecule has 1 heteroatoms. The highest BCUT2D eigenvalue weighted by atomic mass is 15.1. The van der Waals surface area contributed by atoms with Crippen molar-refractivity contribution in [3.63, 3.8) is 0 Å². The molecule has 0 atom stereocenters. The number of hydrogen-bond acceptors (Lipinski definition) is 1. The Bertz CT molecular complexity index is 665. The fraction of sp³-hybridized carbons (Fsp3) is 0.0952. The molecule has 3 aromatic rings. The van der Waals surface area contributed by atoms with Crippen LogP contribution in [-0.2, 0) is 0 Å². The largest absolute Gasteiger partial charge is 0.310 e. The maximum Gasteiger partial charge on any atom is 0.0464 e. The number of para-hydroxylation sites is 2. The van der Waals surface area contributed by atoms with E-state index in [1.165, 1.54) is 22.6 Å². The zero-order valence-corrected chi connectivity index (χ0v) is 12.8. The molecule has 0 aliphatic carbocycles. The topological polar surface area (TPSA) is 3.24 Å². The van der Waals surface area contributed by atoms with E-state index in [1.54, 1.807) is 0 Å². The van der Waals surface area contributed by atoms with Gasteiger partial charge in [-0.3, -0.25) is 0 Å². The molecule has 0 bridgehead atoms. The Morgan fingerprint density at radius 2 is 1.23 bits per heavy atom. The van der Waals surface area contributed by atoms with E-state index in [-0.39, 0.29) is 0 Å². The van der Waals surface area contributed by atoms with E-state index in [0.29, 0.717) is 0 Å². The summed E-state index contributed by atoms with van der Waals surface area (Å²) in [6.07, 6.45) is 3.29. The van der Waals surface area contributed by atoms with Crippen LogP contribution in [0.25, 0.3) is 0 Å². The van der Waals surface area contributed by atoms with Gasteiger partial charge in [0.2, 0.25) is 0 Å². The summed E-state index contributed by atoms with van der Waals surface area (Å²) in [5.74, 6) is 0. The first-order chi connectivity index (χ1) is 10.9. The summed E-state index contributed by atoms with van der Waals surface area (Å²) in [7, 11) is 0. The van der Waals surface area contributed by atoms with Gasteiger partial charge in [0, 0.05) is 17.1 Å². The molecule has 0 N–H and O–H groups in total. The Balaban J connectivity index is 2.08. The average Bonchev–Trinajstić information content (AvgIpc) is 2.58. The SMILES string of the molecule is CC[CH]c1cccc(N(c2ccccc2)c2ccccc2)c1. The summed E-state index contributed by atoms with van der Waals surface area (Å²) >= 11 is 0. The van der Waals surface area contributed by atoms with Crippen molar-refractivity contribution in [3.05, 3.63) is 96.9 Å². The summed E-state index contributed by atoms with van der Waals surface area (Å²) in [5.41, 5.74) is 4.78. The summed E-state index contributed by atoms with van der Waals surface area (Å²) < 4.78 is 0. The third kappa shape index (κ3) is 3.20. The van der Waals surface area contributed by atoms with Crippen molar-refractivity contribution in [1.29, 1.82) is 0 Å². The average molecular weight is 286 g/mol. The van der Waals surface area contributed by atoms with E-state index < -0.39 is 0 Å². The summed E-state index contributed by atoms with van der Waals surface area (Å²) in [6, 6.07) is 29.6. The Kier molecular flexibility index (Phi) is 4.55. The molecule has 1 radical (unpaired) electrons. The van der Waals surface area contributed by atoms with Crippen LogP contribution >= 0.6 is 0 Å². The Morgan fingerprint density at radius 3 is 1.77 bits per heavy atom. The predicted molar refractivity (Wildman–Crippen MR) is 94.8 cm³/mol. The Hall–Kier alpha value is -2.54. The summed E-state index contributed by atoms with van der Waals surface area (Å²) in [4.78, 5) is 2.28. The summed E-state index contributed by atoms with van der Waals surface area (Å²) in [6.45, 7) is 2.17. The first-order valence-corrected chi connectivity index (χ1v) is 7.72. The zero-order valence-electron chi connectivity index (χ0n) is 12.8. The van der Waals surface area contributed by atoms with E-state index in [0.717, 1.165) is 6.42 Å². The lowest BCUT2D eigenvalue weighted by Gasteiger charge is -2.25. The lowest BCUT2D eigenvalue weighted by atomic mass is 10.1. The number of nitrogens with zero attached hydrogens (tertiary/aromatic N) is 1. The van der Waals surface area contributed by atoms with Gasteiger partial charge in [-0.05, 0) is 54.8 Å². The van der Waals surface area contributed by atoms with Gasteiger partial charge < -0.3 is 4.90 Å². The van der Waals surface area contributed by atoms with Crippen molar-refractivity contribution >= 4 is 17.1 Å². The van der Waals surface area contributed by atoms with E-state index >= 15 is 0 Å². The fourth-order valence-electron chi connectivity index (χ4n) is 2.63. The van der Waals surface area contributed by atoms with E-state index in [4.69, 9.17) is 0 Å². The highest BCUT2D eigenvalue weighted by Gasteiger charge is 2.11. The molecular weight excluding hydrogens is 266 g/mol. The molecule has 3 rings (SSSR count). The molecule has 1 nitrogen and oxygen atoms in total. The van der Waals surface area contributed by atoms with Crippen molar-refractivity contribution in [2.45, 2.75) is 13.3 Å². The molecule has 0 saturated carbocycles. The van der Waals surface area contributed by atoms with Crippen LogP contribution in [0.5, 0.6) is 0 Å². The molecule has 0 aliphatic rings. The van der Waals surface area contributed by atoms with Crippen LogP contribution in [0.15, 0.2) is 84.9 Å². The van der Waals surface area contributed by atoms with Crippen LogP contribution in [0.1, 0.15) is 18.9 Å². The first kappa shape index (κ1) is 14.4. The second-order valence-corrected chi connectivity index (χ2v) is 5.21. The van der Waals surface area contributed by atoms with Crippen LogP contribution in [0.2, 0.25) is 0 Å².